The highest BCUT2D eigenvalue weighted by Gasteiger charge is 2.40. The van der Waals surface area contributed by atoms with Crippen LogP contribution < -0.4 is 11.5 Å². The number of methoxy groups -OCH3 is 1. The minimum Gasteiger partial charge on any atom is -0.467 e. The van der Waals surface area contributed by atoms with Crippen LogP contribution in [0.25, 0.3) is 0 Å². The number of rotatable bonds is 4. The number of ether oxygens (including phenoxy) is 2. The molecular formula is C15H22N2O4. The standard InChI is InChI=1S/C15H22N2O4/c1-14(2,3)21-12(18)9-15(17,13(19)20-4)10-5-7-11(16)8-6-10/h5-8H,9,16-17H2,1-4H3. The Morgan fingerprint density at radius 3 is 2.10 bits per heavy atom. The number of nitrogen functional groups attached to an aromatic ring is 1. The molecule has 1 rings (SSSR count). The molecule has 0 saturated carbocycles. The van der Waals surface area contributed by atoms with Gasteiger partial charge in [0, 0.05) is 5.69 Å². The van der Waals surface area contributed by atoms with E-state index in [4.69, 9.17) is 20.9 Å². The van der Waals surface area contributed by atoms with Crippen molar-refractivity contribution in [3.05, 3.63) is 29.8 Å². The third kappa shape index (κ3) is 4.46. The molecule has 6 heteroatoms. The first-order valence-electron chi connectivity index (χ1n) is 6.53. The highest BCUT2D eigenvalue weighted by Crippen LogP contribution is 2.26. The summed E-state index contributed by atoms with van der Waals surface area (Å²) in [6.45, 7) is 5.22. The van der Waals surface area contributed by atoms with Crippen molar-refractivity contribution in [2.24, 2.45) is 5.73 Å². The Kier molecular flexibility index (Phi) is 4.96. The molecule has 0 heterocycles. The van der Waals surface area contributed by atoms with Crippen LogP contribution in [-0.4, -0.2) is 24.6 Å². The Labute approximate surface area is 124 Å². The summed E-state index contributed by atoms with van der Waals surface area (Å²) in [7, 11) is 1.22. The van der Waals surface area contributed by atoms with E-state index in [1.54, 1.807) is 45.0 Å². The summed E-state index contributed by atoms with van der Waals surface area (Å²) in [6, 6.07) is 6.40. The van der Waals surface area contributed by atoms with Gasteiger partial charge in [-0.25, -0.2) is 4.79 Å². The largest absolute Gasteiger partial charge is 0.467 e. The maximum absolute atomic E-state index is 12.0. The van der Waals surface area contributed by atoms with Crippen LogP contribution in [0.1, 0.15) is 32.8 Å². The minimum absolute atomic E-state index is 0.319. The van der Waals surface area contributed by atoms with Gasteiger partial charge in [-0.3, -0.25) is 4.79 Å². The lowest BCUT2D eigenvalue weighted by Crippen LogP contribution is -2.48. The second kappa shape index (κ2) is 6.13. The van der Waals surface area contributed by atoms with Crippen molar-refractivity contribution in [1.82, 2.24) is 0 Å². The monoisotopic (exact) mass is 294 g/mol. The van der Waals surface area contributed by atoms with Crippen LogP contribution in [0.3, 0.4) is 0 Å². The van der Waals surface area contributed by atoms with Crippen molar-refractivity contribution in [2.45, 2.75) is 38.3 Å². The van der Waals surface area contributed by atoms with Crippen LogP contribution in [0.5, 0.6) is 0 Å². The van der Waals surface area contributed by atoms with Crippen molar-refractivity contribution in [1.29, 1.82) is 0 Å². The number of esters is 2. The second-order valence-corrected chi connectivity index (χ2v) is 5.85. The molecule has 1 aromatic carbocycles. The topological polar surface area (TPSA) is 105 Å². The number of anilines is 1. The third-order valence-corrected chi connectivity index (χ3v) is 2.82. The molecule has 0 spiro atoms. The zero-order valence-electron chi connectivity index (χ0n) is 12.8. The number of hydrogen-bond donors (Lipinski definition) is 2. The fraction of sp³-hybridized carbons (Fsp3) is 0.467. The summed E-state index contributed by atoms with van der Waals surface area (Å²) in [5, 5.41) is 0. The zero-order valence-corrected chi connectivity index (χ0v) is 12.8. The minimum atomic E-state index is -1.61. The molecule has 0 aliphatic carbocycles. The smallest absolute Gasteiger partial charge is 0.331 e. The van der Waals surface area contributed by atoms with Crippen molar-refractivity contribution in [2.75, 3.05) is 12.8 Å². The molecule has 1 atom stereocenters. The van der Waals surface area contributed by atoms with Gasteiger partial charge in [-0.1, -0.05) is 12.1 Å². The van der Waals surface area contributed by atoms with Crippen LogP contribution in [0.15, 0.2) is 24.3 Å². The molecule has 1 aromatic rings. The highest BCUT2D eigenvalue weighted by atomic mass is 16.6. The fourth-order valence-electron chi connectivity index (χ4n) is 1.86. The summed E-state index contributed by atoms with van der Waals surface area (Å²) in [4.78, 5) is 24.0. The molecule has 0 radical (unpaired) electrons. The summed E-state index contributed by atoms with van der Waals surface area (Å²) in [5.41, 5.74) is 10.4. The number of benzene rings is 1. The molecule has 0 aliphatic rings. The predicted molar refractivity (Wildman–Crippen MR) is 79.2 cm³/mol. The van der Waals surface area contributed by atoms with E-state index in [-0.39, 0.29) is 6.42 Å². The van der Waals surface area contributed by atoms with Crippen molar-refractivity contribution < 1.29 is 19.1 Å². The lowest BCUT2D eigenvalue weighted by molar-refractivity contribution is -0.162. The maximum Gasteiger partial charge on any atom is 0.331 e. The van der Waals surface area contributed by atoms with Crippen molar-refractivity contribution >= 4 is 17.6 Å². The van der Waals surface area contributed by atoms with Crippen LogP contribution in [0.4, 0.5) is 5.69 Å². The van der Waals surface area contributed by atoms with E-state index >= 15 is 0 Å². The second-order valence-electron chi connectivity index (χ2n) is 5.85. The molecule has 0 aromatic heterocycles. The van der Waals surface area contributed by atoms with Crippen LogP contribution in [0.2, 0.25) is 0 Å². The molecule has 116 valence electrons. The number of nitrogens with two attached hydrogens (primary N) is 2. The number of hydrogen-bond acceptors (Lipinski definition) is 6. The summed E-state index contributed by atoms with van der Waals surface area (Å²) < 4.78 is 9.95. The first-order chi connectivity index (χ1) is 9.58. The Morgan fingerprint density at radius 2 is 1.67 bits per heavy atom. The highest BCUT2D eigenvalue weighted by molar-refractivity contribution is 5.88. The van der Waals surface area contributed by atoms with E-state index in [9.17, 15) is 9.59 Å². The van der Waals surface area contributed by atoms with Gasteiger partial charge in [-0.05, 0) is 38.5 Å². The zero-order chi connectivity index (χ0) is 16.3. The normalized spacial score (nSPS) is 14.1. The first kappa shape index (κ1) is 17.0. The van der Waals surface area contributed by atoms with E-state index in [2.05, 4.69) is 0 Å². The average molecular weight is 294 g/mol. The summed E-state index contributed by atoms with van der Waals surface area (Å²) in [6.07, 6.45) is -0.319. The lowest BCUT2D eigenvalue weighted by Gasteiger charge is -2.28. The van der Waals surface area contributed by atoms with E-state index in [0.717, 1.165) is 0 Å². The van der Waals surface area contributed by atoms with E-state index in [0.29, 0.717) is 11.3 Å². The van der Waals surface area contributed by atoms with Gasteiger partial charge in [0.05, 0.1) is 13.5 Å². The molecule has 0 bridgehead atoms. The maximum atomic E-state index is 12.0. The Morgan fingerprint density at radius 1 is 1.14 bits per heavy atom. The van der Waals surface area contributed by atoms with Gasteiger partial charge in [-0.15, -0.1) is 0 Å². The number of carbonyl (C=O) groups is 2. The summed E-state index contributed by atoms with van der Waals surface area (Å²) in [5.74, 6) is -1.29. The van der Waals surface area contributed by atoms with E-state index in [1.165, 1.54) is 7.11 Å². The number of carbonyl (C=O) groups excluding carboxylic acids is 2. The van der Waals surface area contributed by atoms with Gasteiger partial charge < -0.3 is 20.9 Å². The van der Waals surface area contributed by atoms with Crippen molar-refractivity contribution in [3.8, 4) is 0 Å². The Bertz CT molecular complexity index is 519. The fourth-order valence-corrected chi connectivity index (χ4v) is 1.86. The van der Waals surface area contributed by atoms with Gasteiger partial charge in [0.2, 0.25) is 0 Å². The molecule has 1 unspecified atom stereocenters. The van der Waals surface area contributed by atoms with Crippen LogP contribution in [0, 0.1) is 0 Å². The molecular weight excluding hydrogens is 272 g/mol. The third-order valence-electron chi connectivity index (χ3n) is 2.82. The van der Waals surface area contributed by atoms with Gasteiger partial charge in [0.25, 0.3) is 0 Å². The predicted octanol–water partition coefficient (Wildman–Crippen LogP) is 1.33. The quantitative estimate of drug-likeness (QED) is 0.641. The Balaban J connectivity index is 3.08. The molecule has 0 saturated heterocycles. The lowest BCUT2D eigenvalue weighted by atomic mass is 9.87. The Hall–Kier alpha value is -2.08. The van der Waals surface area contributed by atoms with Gasteiger partial charge in [-0.2, -0.15) is 0 Å². The van der Waals surface area contributed by atoms with Crippen LogP contribution >= 0.6 is 0 Å². The average Bonchev–Trinajstić information content (AvgIpc) is 2.35. The van der Waals surface area contributed by atoms with Crippen molar-refractivity contribution in [3.63, 3.8) is 0 Å². The van der Waals surface area contributed by atoms with E-state index in [1.807, 2.05) is 0 Å². The van der Waals surface area contributed by atoms with Gasteiger partial charge in [0.1, 0.15) is 5.60 Å². The molecule has 0 aliphatic heterocycles. The molecule has 0 fully saturated rings. The molecule has 21 heavy (non-hydrogen) atoms. The van der Waals surface area contributed by atoms with Crippen LogP contribution in [-0.2, 0) is 24.6 Å². The van der Waals surface area contributed by atoms with Gasteiger partial charge in [0.15, 0.2) is 5.54 Å². The van der Waals surface area contributed by atoms with Gasteiger partial charge >= 0.3 is 11.9 Å². The SMILES string of the molecule is COC(=O)C(N)(CC(=O)OC(C)(C)C)c1ccc(N)cc1. The molecule has 6 nitrogen and oxygen atoms in total. The van der Waals surface area contributed by atoms with E-state index < -0.39 is 23.1 Å². The molecule has 0 amide bonds. The first-order valence-corrected chi connectivity index (χ1v) is 6.53. The molecule has 4 N–H and O–H groups in total. The summed E-state index contributed by atoms with van der Waals surface area (Å²) >= 11 is 0.